The van der Waals surface area contributed by atoms with Crippen LogP contribution in [-0.2, 0) is 4.79 Å². The second-order valence-electron chi connectivity index (χ2n) is 6.95. The highest BCUT2D eigenvalue weighted by atomic mass is 16.5. The smallest absolute Gasteiger partial charge is 0.260 e. The summed E-state index contributed by atoms with van der Waals surface area (Å²) < 4.78 is 5.75. The van der Waals surface area contributed by atoms with Crippen molar-refractivity contribution in [3.63, 3.8) is 0 Å². The van der Waals surface area contributed by atoms with Crippen LogP contribution in [0.5, 0.6) is 5.75 Å². The van der Waals surface area contributed by atoms with E-state index in [0.717, 1.165) is 23.3 Å². The van der Waals surface area contributed by atoms with Gasteiger partial charge in [0.15, 0.2) is 6.61 Å². The van der Waals surface area contributed by atoms with Crippen molar-refractivity contribution in [3.05, 3.63) is 65.2 Å². The van der Waals surface area contributed by atoms with Gasteiger partial charge in [-0.25, -0.2) is 0 Å². The van der Waals surface area contributed by atoms with Crippen molar-refractivity contribution in [3.8, 4) is 5.75 Å². The van der Waals surface area contributed by atoms with Crippen LogP contribution in [0.2, 0.25) is 0 Å². The predicted octanol–water partition coefficient (Wildman–Crippen LogP) is 3.06. The zero-order valence-corrected chi connectivity index (χ0v) is 16.0. The third kappa shape index (κ3) is 4.88. The summed E-state index contributed by atoms with van der Waals surface area (Å²) in [5.74, 6) is 0.737. The summed E-state index contributed by atoms with van der Waals surface area (Å²) in [6.07, 6.45) is 0.772. The van der Waals surface area contributed by atoms with Crippen molar-refractivity contribution in [2.75, 3.05) is 32.8 Å². The van der Waals surface area contributed by atoms with Gasteiger partial charge in [-0.05, 0) is 49.6 Å². The molecular formula is C22H26N2O3. The maximum Gasteiger partial charge on any atom is 0.260 e. The Balaban J connectivity index is 1.55. The molecular weight excluding hydrogens is 340 g/mol. The van der Waals surface area contributed by atoms with Crippen molar-refractivity contribution in [1.82, 2.24) is 9.80 Å². The SMILES string of the molecule is Cc1ccc(C)c(OCC(=O)N2CCCN(C(=O)c3ccccc3)CC2)c1. The molecule has 1 aliphatic rings. The molecule has 0 spiro atoms. The maximum absolute atomic E-state index is 12.6. The standard InChI is InChI=1S/C22H26N2O3/c1-17-9-10-18(2)20(15-17)27-16-21(25)23-11-6-12-24(14-13-23)22(26)19-7-4-3-5-8-19/h3-5,7-10,15H,6,11-14,16H2,1-2H3. The van der Waals surface area contributed by atoms with E-state index in [-0.39, 0.29) is 18.4 Å². The summed E-state index contributed by atoms with van der Waals surface area (Å²) >= 11 is 0. The van der Waals surface area contributed by atoms with Crippen LogP contribution in [0.15, 0.2) is 48.5 Å². The van der Waals surface area contributed by atoms with Crippen LogP contribution < -0.4 is 4.74 Å². The van der Waals surface area contributed by atoms with Crippen molar-refractivity contribution in [1.29, 1.82) is 0 Å². The highest BCUT2D eigenvalue weighted by molar-refractivity contribution is 5.94. The molecule has 2 amide bonds. The van der Waals surface area contributed by atoms with Crippen molar-refractivity contribution < 1.29 is 14.3 Å². The van der Waals surface area contributed by atoms with Crippen LogP contribution in [0.3, 0.4) is 0 Å². The number of hydrogen-bond donors (Lipinski definition) is 0. The number of benzene rings is 2. The lowest BCUT2D eigenvalue weighted by Gasteiger charge is -2.22. The zero-order chi connectivity index (χ0) is 19.2. The van der Waals surface area contributed by atoms with E-state index >= 15 is 0 Å². The van der Waals surface area contributed by atoms with Gasteiger partial charge in [-0.1, -0.05) is 30.3 Å². The fraction of sp³-hybridized carbons (Fsp3) is 0.364. The molecule has 0 saturated carbocycles. The van der Waals surface area contributed by atoms with E-state index < -0.39 is 0 Å². The summed E-state index contributed by atoms with van der Waals surface area (Å²) in [7, 11) is 0. The Kier molecular flexibility index (Phi) is 6.12. The molecule has 5 nitrogen and oxygen atoms in total. The first-order valence-electron chi connectivity index (χ1n) is 9.37. The van der Waals surface area contributed by atoms with Crippen LogP contribution in [0.1, 0.15) is 27.9 Å². The molecule has 1 aliphatic heterocycles. The lowest BCUT2D eigenvalue weighted by Crippen LogP contribution is -2.39. The third-order valence-corrected chi connectivity index (χ3v) is 4.85. The molecule has 0 atom stereocenters. The van der Waals surface area contributed by atoms with E-state index in [2.05, 4.69) is 0 Å². The van der Waals surface area contributed by atoms with Crippen LogP contribution in [0.4, 0.5) is 0 Å². The molecule has 5 heteroatoms. The van der Waals surface area contributed by atoms with Gasteiger partial charge in [0.05, 0.1) is 0 Å². The van der Waals surface area contributed by atoms with Gasteiger partial charge >= 0.3 is 0 Å². The van der Waals surface area contributed by atoms with Crippen LogP contribution in [-0.4, -0.2) is 54.4 Å². The zero-order valence-electron chi connectivity index (χ0n) is 16.0. The lowest BCUT2D eigenvalue weighted by atomic mass is 10.1. The van der Waals surface area contributed by atoms with E-state index in [1.165, 1.54) is 0 Å². The molecule has 1 heterocycles. The Bertz CT molecular complexity index is 804. The van der Waals surface area contributed by atoms with Gasteiger partial charge in [-0.2, -0.15) is 0 Å². The van der Waals surface area contributed by atoms with Crippen molar-refractivity contribution in [2.45, 2.75) is 20.3 Å². The highest BCUT2D eigenvalue weighted by Crippen LogP contribution is 2.19. The third-order valence-electron chi connectivity index (χ3n) is 4.85. The molecule has 0 aromatic heterocycles. The fourth-order valence-electron chi connectivity index (χ4n) is 3.23. The number of hydrogen-bond acceptors (Lipinski definition) is 3. The molecule has 0 unspecified atom stereocenters. The minimum Gasteiger partial charge on any atom is -0.483 e. The quantitative estimate of drug-likeness (QED) is 0.836. The molecule has 1 saturated heterocycles. The van der Waals surface area contributed by atoms with Gasteiger partial charge in [0.1, 0.15) is 5.75 Å². The molecule has 1 fully saturated rings. The number of amides is 2. The minimum atomic E-state index is -0.0371. The summed E-state index contributed by atoms with van der Waals surface area (Å²) in [5, 5.41) is 0. The van der Waals surface area contributed by atoms with E-state index in [1.54, 1.807) is 4.90 Å². The van der Waals surface area contributed by atoms with Gasteiger partial charge in [-0.3, -0.25) is 9.59 Å². The first-order chi connectivity index (χ1) is 13.0. The molecule has 0 bridgehead atoms. The van der Waals surface area contributed by atoms with Gasteiger partial charge in [0, 0.05) is 31.7 Å². The Morgan fingerprint density at radius 1 is 0.926 bits per heavy atom. The first-order valence-corrected chi connectivity index (χ1v) is 9.37. The van der Waals surface area contributed by atoms with Gasteiger partial charge < -0.3 is 14.5 Å². The second-order valence-corrected chi connectivity index (χ2v) is 6.95. The summed E-state index contributed by atoms with van der Waals surface area (Å²) in [4.78, 5) is 28.8. The van der Waals surface area contributed by atoms with E-state index in [9.17, 15) is 9.59 Å². The van der Waals surface area contributed by atoms with E-state index in [4.69, 9.17) is 4.74 Å². The maximum atomic E-state index is 12.6. The van der Waals surface area contributed by atoms with E-state index in [1.807, 2.05) is 67.3 Å². The average molecular weight is 366 g/mol. The van der Waals surface area contributed by atoms with E-state index in [0.29, 0.717) is 31.7 Å². The van der Waals surface area contributed by atoms with Crippen LogP contribution in [0, 0.1) is 13.8 Å². The Morgan fingerprint density at radius 2 is 1.63 bits per heavy atom. The molecule has 0 radical (unpaired) electrons. The highest BCUT2D eigenvalue weighted by Gasteiger charge is 2.23. The topological polar surface area (TPSA) is 49.9 Å². The van der Waals surface area contributed by atoms with Crippen LogP contribution >= 0.6 is 0 Å². The monoisotopic (exact) mass is 366 g/mol. The molecule has 27 heavy (non-hydrogen) atoms. The number of aryl methyl sites for hydroxylation is 2. The minimum absolute atomic E-state index is 0.0246. The number of rotatable bonds is 4. The second kappa shape index (κ2) is 8.71. The molecule has 3 rings (SSSR count). The summed E-state index contributed by atoms with van der Waals surface area (Å²) in [5.41, 5.74) is 2.81. The number of ether oxygens (including phenoxy) is 1. The fourth-order valence-corrected chi connectivity index (χ4v) is 3.23. The van der Waals surface area contributed by atoms with Crippen LogP contribution in [0.25, 0.3) is 0 Å². The van der Waals surface area contributed by atoms with Gasteiger partial charge in [0.25, 0.3) is 11.8 Å². The largest absolute Gasteiger partial charge is 0.483 e. The Labute approximate surface area is 160 Å². The molecule has 2 aromatic rings. The normalized spacial score (nSPS) is 14.6. The molecule has 0 aliphatic carbocycles. The average Bonchev–Trinajstić information content (AvgIpc) is 2.95. The van der Waals surface area contributed by atoms with Gasteiger partial charge in [0.2, 0.25) is 0 Å². The number of carbonyl (C=O) groups is 2. The number of carbonyl (C=O) groups excluding carboxylic acids is 2. The summed E-state index contributed by atoms with van der Waals surface area (Å²) in [6.45, 7) is 6.38. The summed E-state index contributed by atoms with van der Waals surface area (Å²) in [6, 6.07) is 15.3. The number of nitrogens with zero attached hydrogens (tertiary/aromatic N) is 2. The van der Waals surface area contributed by atoms with Crippen molar-refractivity contribution in [2.24, 2.45) is 0 Å². The molecule has 2 aromatic carbocycles. The first kappa shape index (κ1) is 19.0. The lowest BCUT2D eigenvalue weighted by molar-refractivity contribution is -0.133. The Morgan fingerprint density at radius 3 is 2.41 bits per heavy atom. The predicted molar refractivity (Wildman–Crippen MR) is 105 cm³/mol. The van der Waals surface area contributed by atoms with Crippen molar-refractivity contribution >= 4 is 11.8 Å². The van der Waals surface area contributed by atoms with Gasteiger partial charge in [-0.15, -0.1) is 0 Å². The Hall–Kier alpha value is -2.82. The molecule has 142 valence electrons. The molecule has 0 N–H and O–H groups in total.